The van der Waals surface area contributed by atoms with Crippen LogP contribution in [0.1, 0.15) is 30.5 Å². The second-order valence-electron chi connectivity index (χ2n) is 8.01. The van der Waals surface area contributed by atoms with Gasteiger partial charge in [-0.3, -0.25) is 9.78 Å². The molecule has 2 aromatic rings. The predicted molar refractivity (Wildman–Crippen MR) is 108 cm³/mol. The number of aromatic nitrogens is 4. The standard InChI is InChI=1S/C20H26N6O3/c1-28-14-12-21-18(22-13-14)25-6-4-20(5-7-25)3-2-15-16(20)23-19(24-17(15)27)26-8-10-29-11-9-26/h12-13H,2-11H2,1H3,(H,23,24,27). The van der Waals surface area contributed by atoms with Gasteiger partial charge < -0.3 is 19.3 Å². The van der Waals surface area contributed by atoms with E-state index in [1.165, 1.54) is 0 Å². The van der Waals surface area contributed by atoms with E-state index in [0.29, 0.717) is 24.9 Å². The molecular formula is C20H26N6O3. The van der Waals surface area contributed by atoms with Gasteiger partial charge in [0.05, 0.1) is 38.4 Å². The molecule has 0 saturated carbocycles. The van der Waals surface area contributed by atoms with Crippen molar-refractivity contribution in [3.8, 4) is 5.75 Å². The summed E-state index contributed by atoms with van der Waals surface area (Å²) in [6.45, 7) is 4.57. The molecule has 2 fully saturated rings. The number of aromatic amines is 1. The van der Waals surface area contributed by atoms with Crippen LogP contribution >= 0.6 is 0 Å². The molecule has 2 aromatic heterocycles. The molecular weight excluding hydrogens is 372 g/mol. The van der Waals surface area contributed by atoms with Gasteiger partial charge in [-0.25, -0.2) is 15.0 Å². The molecule has 9 nitrogen and oxygen atoms in total. The lowest BCUT2D eigenvalue weighted by Crippen LogP contribution is -2.43. The average molecular weight is 398 g/mol. The van der Waals surface area contributed by atoms with Gasteiger partial charge in [-0.1, -0.05) is 0 Å². The van der Waals surface area contributed by atoms with E-state index in [4.69, 9.17) is 14.5 Å². The molecule has 1 aliphatic carbocycles. The Morgan fingerprint density at radius 2 is 1.79 bits per heavy atom. The highest BCUT2D eigenvalue weighted by molar-refractivity contribution is 5.42. The Balaban J connectivity index is 1.38. The average Bonchev–Trinajstić information content (AvgIpc) is 3.13. The van der Waals surface area contributed by atoms with Gasteiger partial charge in [0.2, 0.25) is 11.9 Å². The summed E-state index contributed by atoms with van der Waals surface area (Å²) >= 11 is 0. The van der Waals surface area contributed by atoms with Gasteiger partial charge in [0.25, 0.3) is 5.56 Å². The van der Waals surface area contributed by atoms with E-state index in [1.54, 1.807) is 19.5 Å². The molecule has 0 amide bonds. The molecule has 0 bridgehead atoms. The number of nitrogens with zero attached hydrogens (tertiary/aromatic N) is 5. The summed E-state index contributed by atoms with van der Waals surface area (Å²) in [7, 11) is 1.61. The first-order valence-electron chi connectivity index (χ1n) is 10.3. The van der Waals surface area contributed by atoms with Crippen molar-refractivity contribution in [3.05, 3.63) is 34.0 Å². The van der Waals surface area contributed by atoms with Crippen molar-refractivity contribution in [2.45, 2.75) is 31.1 Å². The number of anilines is 2. The molecule has 4 heterocycles. The third-order valence-corrected chi connectivity index (χ3v) is 6.52. The van der Waals surface area contributed by atoms with Gasteiger partial charge in [0.1, 0.15) is 0 Å². The van der Waals surface area contributed by atoms with Crippen molar-refractivity contribution < 1.29 is 9.47 Å². The lowest BCUT2D eigenvalue weighted by atomic mass is 9.76. The summed E-state index contributed by atoms with van der Waals surface area (Å²) in [5.74, 6) is 2.08. The molecule has 0 unspecified atom stereocenters. The smallest absolute Gasteiger partial charge is 0.255 e. The van der Waals surface area contributed by atoms with E-state index in [-0.39, 0.29) is 11.0 Å². The highest BCUT2D eigenvalue weighted by Gasteiger charge is 2.44. The van der Waals surface area contributed by atoms with Crippen LogP contribution in [0.15, 0.2) is 17.2 Å². The second-order valence-corrected chi connectivity index (χ2v) is 8.01. The maximum absolute atomic E-state index is 12.8. The van der Waals surface area contributed by atoms with E-state index < -0.39 is 0 Å². The Morgan fingerprint density at radius 1 is 1.07 bits per heavy atom. The van der Waals surface area contributed by atoms with Gasteiger partial charge in [-0.15, -0.1) is 0 Å². The number of H-pyrrole nitrogens is 1. The van der Waals surface area contributed by atoms with Crippen LogP contribution in [0.5, 0.6) is 5.75 Å². The highest BCUT2D eigenvalue weighted by Crippen LogP contribution is 2.45. The summed E-state index contributed by atoms with van der Waals surface area (Å²) in [5, 5.41) is 0. The molecule has 0 atom stereocenters. The Hall–Kier alpha value is -2.68. The summed E-state index contributed by atoms with van der Waals surface area (Å²) < 4.78 is 10.6. The molecule has 1 spiro atoms. The fourth-order valence-electron chi connectivity index (χ4n) is 4.76. The highest BCUT2D eigenvalue weighted by atomic mass is 16.5. The zero-order valence-electron chi connectivity index (χ0n) is 16.7. The van der Waals surface area contributed by atoms with Crippen LogP contribution in [0.4, 0.5) is 11.9 Å². The van der Waals surface area contributed by atoms with E-state index in [1.807, 2.05) is 0 Å². The number of ether oxygens (including phenoxy) is 2. The molecule has 3 aliphatic rings. The maximum atomic E-state index is 12.8. The van der Waals surface area contributed by atoms with Gasteiger partial charge in [-0.2, -0.15) is 0 Å². The topological polar surface area (TPSA) is 96.5 Å². The third kappa shape index (κ3) is 3.23. The monoisotopic (exact) mass is 398 g/mol. The predicted octanol–water partition coefficient (Wildman–Crippen LogP) is 0.890. The fraction of sp³-hybridized carbons (Fsp3) is 0.600. The molecule has 9 heteroatoms. The first-order valence-corrected chi connectivity index (χ1v) is 10.3. The molecule has 2 saturated heterocycles. The number of fused-ring (bicyclic) bond motifs is 2. The zero-order valence-corrected chi connectivity index (χ0v) is 16.7. The van der Waals surface area contributed by atoms with E-state index in [9.17, 15) is 4.79 Å². The summed E-state index contributed by atoms with van der Waals surface area (Å²) in [6.07, 6.45) is 7.10. The molecule has 1 N–H and O–H groups in total. The van der Waals surface area contributed by atoms with E-state index in [2.05, 4.69) is 24.8 Å². The quantitative estimate of drug-likeness (QED) is 0.814. The van der Waals surface area contributed by atoms with Crippen molar-refractivity contribution in [1.82, 2.24) is 19.9 Å². The van der Waals surface area contributed by atoms with Crippen molar-refractivity contribution in [2.24, 2.45) is 0 Å². The van der Waals surface area contributed by atoms with Crippen LogP contribution in [0.3, 0.4) is 0 Å². The first-order chi connectivity index (χ1) is 14.2. The minimum absolute atomic E-state index is 0.0202. The summed E-state index contributed by atoms with van der Waals surface area (Å²) in [4.78, 5) is 33.9. The number of hydrogen-bond donors (Lipinski definition) is 1. The molecule has 5 rings (SSSR count). The Morgan fingerprint density at radius 3 is 2.48 bits per heavy atom. The van der Waals surface area contributed by atoms with Crippen LogP contribution in [0.2, 0.25) is 0 Å². The fourth-order valence-corrected chi connectivity index (χ4v) is 4.76. The number of morpholine rings is 1. The SMILES string of the molecule is COc1cnc(N2CCC3(CCc4c3nc(N3CCOCC3)[nH]c4=O)CC2)nc1. The van der Waals surface area contributed by atoms with Crippen LogP contribution < -0.4 is 20.1 Å². The van der Waals surface area contributed by atoms with Crippen LogP contribution in [-0.4, -0.2) is 66.4 Å². The van der Waals surface area contributed by atoms with E-state index >= 15 is 0 Å². The number of methoxy groups -OCH3 is 1. The minimum atomic E-state index is -0.0202. The van der Waals surface area contributed by atoms with Crippen molar-refractivity contribution in [2.75, 3.05) is 56.3 Å². The van der Waals surface area contributed by atoms with E-state index in [0.717, 1.165) is 69.1 Å². The molecule has 2 aliphatic heterocycles. The summed E-state index contributed by atoms with van der Waals surface area (Å²) in [5.41, 5.74) is 1.89. The number of nitrogens with one attached hydrogen (secondary N) is 1. The molecule has 0 radical (unpaired) electrons. The molecule has 29 heavy (non-hydrogen) atoms. The van der Waals surface area contributed by atoms with Crippen molar-refractivity contribution >= 4 is 11.9 Å². The Kier molecular flexibility index (Phi) is 4.61. The molecule has 154 valence electrons. The van der Waals surface area contributed by atoms with Crippen molar-refractivity contribution in [3.63, 3.8) is 0 Å². The van der Waals surface area contributed by atoms with Gasteiger partial charge in [0, 0.05) is 37.2 Å². The van der Waals surface area contributed by atoms with Crippen LogP contribution in [0.25, 0.3) is 0 Å². The Labute approximate surface area is 169 Å². The van der Waals surface area contributed by atoms with Gasteiger partial charge >= 0.3 is 0 Å². The van der Waals surface area contributed by atoms with Gasteiger partial charge in [0.15, 0.2) is 5.75 Å². The lowest BCUT2D eigenvalue weighted by Gasteiger charge is -2.39. The third-order valence-electron chi connectivity index (χ3n) is 6.52. The van der Waals surface area contributed by atoms with Crippen LogP contribution in [-0.2, 0) is 16.6 Å². The number of hydrogen-bond acceptors (Lipinski definition) is 8. The van der Waals surface area contributed by atoms with Gasteiger partial charge in [-0.05, 0) is 25.7 Å². The largest absolute Gasteiger partial charge is 0.494 e. The molecule has 0 aromatic carbocycles. The minimum Gasteiger partial charge on any atom is -0.494 e. The number of piperidine rings is 1. The second kappa shape index (κ2) is 7.29. The summed E-state index contributed by atoms with van der Waals surface area (Å²) in [6, 6.07) is 0. The van der Waals surface area contributed by atoms with Crippen molar-refractivity contribution in [1.29, 1.82) is 0 Å². The first kappa shape index (κ1) is 18.4. The normalized spacial score (nSPS) is 20.7. The maximum Gasteiger partial charge on any atom is 0.255 e. The Bertz CT molecular complexity index is 930. The van der Waals surface area contributed by atoms with Crippen LogP contribution in [0, 0.1) is 0 Å². The lowest BCUT2D eigenvalue weighted by molar-refractivity contribution is 0.122. The zero-order chi connectivity index (χ0) is 19.8. The number of rotatable bonds is 3.